The van der Waals surface area contributed by atoms with Crippen LogP contribution in [-0.2, 0) is 0 Å². The van der Waals surface area contributed by atoms with Crippen molar-refractivity contribution in [3.05, 3.63) is 69.7 Å². The van der Waals surface area contributed by atoms with E-state index in [9.17, 15) is 4.79 Å². The lowest BCUT2D eigenvalue weighted by molar-refractivity contribution is 0.0926. The highest BCUT2D eigenvalue weighted by Crippen LogP contribution is 2.26. The maximum Gasteiger partial charge on any atom is 0.251 e. The van der Waals surface area contributed by atoms with Gasteiger partial charge in [-0.2, -0.15) is 0 Å². The van der Waals surface area contributed by atoms with Gasteiger partial charge in [0.15, 0.2) is 0 Å². The summed E-state index contributed by atoms with van der Waals surface area (Å²) in [4.78, 5) is 17.2. The number of benzene rings is 2. The van der Waals surface area contributed by atoms with Crippen LogP contribution in [-0.4, -0.2) is 23.0 Å². The molecule has 1 aromatic heterocycles. The van der Waals surface area contributed by atoms with E-state index < -0.39 is 0 Å². The molecular weight excluding hydrogens is 441 g/mol. The summed E-state index contributed by atoms with van der Waals surface area (Å²) in [6.07, 6.45) is 3.83. The number of carbonyl (C=O) groups excluding carboxylic acids is 1. The van der Waals surface area contributed by atoms with Crippen molar-refractivity contribution in [2.75, 3.05) is 5.32 Å². The topological polar surface area (TPSA) is 54.0 Å². The van der Waals surface area contributed by atoms with Crippen molar-refractivity contribution in [1.82, 2.24) is 10.3 Å². The molecule has 1 heterocycles. The number of halogens is 3. The maximum absolute atomic E-state index is 12.5. The third-order valence-electron chi connectivity index (χ3n) is 5.52. The van der Waals surface area contributed by atoms with Crippen LogP contribution in [0.3, 0.4) is 0 Å². The summed E-state index contributed by atoms with van der Waals surface area (Å²) in [6.45, 7) is 2.12. The molecule has 3 aromatic rings. The number of rotatable bonds is 4. The van der Waals surface area contributed by atoms with Gasteiger partial charge in [-0.25, -0.2) is 4.98 Å². The van der Waals surface area contributed by atoms with E-state index in [0.29, 0.717) is 21.7 Å². The van der Waals surface area contributed by atoms with Crippen LogP contribution in [0.4, 0.5) is 5.82 Å². The van der Waals surface area contributed by atoms with Crippen molar-refractivity contribution < 1.29 is 4.79 Å². The molecule has 4 rings (SSSR count). The summed E-state index contributed by atoms with van der Waals surface area (Å²) < 4.78 is 0. The summed E-state index contributed by atoms with van der Waals surface area (Å²) >= 11 is 11.9. The third kappa shape index (κ3) is 5.18. The fraction of sp³-hybridized carbons (Fsp3) is 0.304. The van der Waals surface area contributed by atoms with Gasteiger partial charge >= 0.3 is 0 Å². The lowest BCUT2D eigenvalue weighted by Crippen LogP contribution is -2.40. The zero-order chi connectivity index (χ0) is 20.4. The number of hydrogen-bond donors (Lipinski definition) is 2. The minimum Gasteiger partial charge on any atom is -0.367 e. The molecule has 2 aromatic carbocycles. The summed E-state index contributed by atoms with van der Waals surface area (Å²) in [5.74, 6) is 0.816. The molecule has 1 aliphatic carbocycles. The second-order valence-corrected chi connectivity index (χ2v) is 8.45. The molecule has 7 heteroatoms. The van der Waals surface area contributed by atoms with Crippen molar-refractivity contribution in [2.24, 2.45) is 0 Å². The van der Waals surface area contributed by atoms with Gasteiger partial charge in [0, 0.05) is 23.0 Å². The Balaban J connectivity index is 0.00000256. The monoisotopic (exact) mass is 463 g/mol. The summed E-state index contributed by atoms with van der Waals surface area (Å²) in [5, 5.41) is 8.72. The van der Waals surface area contributed by atoms with E-state index in [0.717, 1.165) is 37.0 Å². The maximum atomic E-state index is 12.5. The fourth-order valence-corrected chi connectivity index (χ4v) is 4.22. The lowest BCUT2D eigenvalue weighted by Gasteiger charge is -2.30. The minimum absolute atomic E-state index is 0. The number of nitrogens with one attached hydrogen (secondary N) is 2. The second-order valence-electron chi connectivity index (χ2n) is 7.64. The number of amides is 1. The van der Waals surface area contributed by atoms with Gasteiger partial charge in [-0.15, -0.1) is 12.4 Å². The van der Waals surface area contributed by atoms with Crippen LogP contribution in [0.1, 0.15) is 41.6 Å². The van der Waals surface area contributed by atoms with E-state index in [2.05, 4.69) is 29.7 Å². The first-order valence-electron chi connectivity index (χ1n) is 9.88. The van der Waals surface area contributed by atoms with Crippen LogP contribution in [0.5, 0.6) is 0 Å². The van der Waals surface area contributed by atoms with Crippen LogP contribution in [0, 0.1) is 6.92 Å². The molecule has 0 saturated heterocycles. The number of aryl methyl sites for hydroxylation is 1. The smallest absolute Gasteiger partial charge is 0.251 e. The number of pyridine rings is 1. The SMILES string of the molecule is Cc1cc(NC2CCC(NC(=O)c3ccc(Cl)c(Cl)c3)CC2)nc2ccccc12.Cl. The van der Waals surface area contributed by atoms with E-state index in [4.69, 9.17) is 28.2 Å². The molecule has 2 N–H and O–H groups in total. The standard InChI is InChI=1S/C23H23Cl2N3O.ClH/c1-14-12-22(28-21-5-3-2-4-18(14)21)26-16-7-9-17(10-8-16)27-23(29)15-6-11-19(24)20(25)13-15;/h2-6,11-13,16-17H,7-10H2,1H3,(H,26,28)(H,27,29);1H. The van der Waals surface area contributed by atoms with Gasteiger partial charge in [0.05, 0.1) is 15.6 Å². The molecule has 4 nitrogen and oxygen atoms in total. The fourth-order valence-electron chi connectivity index (χ4n) is 3.92. The average molecular weight is 465 g/mol. The van der Waals surface area contributed by atoms with Gasteiger partial charge in [-0.3, -0.25) is 4.79 Å². The Morgan fingerprint density at radius 3 is 2.40 bits per heavy atom. The van der Waals surface area contributed by atoms with Crippen molar-refractivity contribution in [3.8, 4) is 0 Å². The van der Waals surface area contributed by atoms with E-state index in [1.54, 1.807) is 18.2 Å². The zero-order valence-corrected chi connectivity index (χ0v) is 18.9. The van der Waals surface area contributed by atoms with Gasteiger partial charge < -0.3 is 10.6 Å². The Morgan fingerprint density at radius 1 is 0.967 bits per heavy atom. The van der Waals surface area contributed by atoms with Crippen molar-refractivity contribution in [3.63, 3.8) is 0 Å². The molecule has 30 heavy (non-hydrogen) atoms. The molecule has 1 aliphatic rings. The molecule has 0 unspecified atom stereocenters. The third-order valence-corrected chi connectivity index (χ3v) is 6.26. The highest BCUT2D eigenvalue weighted by Gasteiger charge is 2.23. The van der Waals surface area contributed by atoms with Gasteiger partial charge in [-0.1, -0.05) is 41.4 Å². The van der Waals surface area contributed by atoms with Crippen LogP contribution < -0.4 is 10.6 Å². The molecule has 1 saturated carbocycles. The molecule has 158 valence electrons. The minimum atomic E-state index is -0.105. The van der Waals surface area contributed by atoms with Crippen molar-refractivity contribution in [1.29, 1.82) is 0 Å². The number of carbonyl (C=O) groups is 1. The first-order chi connectivity index (χ1) is 14.0. The average Bonchev–Trinajstić information content (AvgIpc) is 2.71. The molecule has 0 spiro atoms. The Morgan fingerprint density at radius 2 is 1.67 bits per heavy atom. The van der Waals surface area contributed by atoms with Crippen molar-refractivity contribution >= 4 is 58.2 Å². The van der Waals surface area contributed by atoms with Gasteiger partial charge in [0.2, 0.25) is 0 Å². The lowest BCUT2D eigenvalue weighted by atomic mass is 9.91. The Kier molecular flexibility index (Phi) is 7.45. The second kappa shape index (κ2) is 9.86. The van der Waals surface area contributed by atoms with Crippen LogP contribution >= 0.6 is 35.6 Å². The Labute approximate surface area is 192 Å². The van der Waals surface area contributed by atoms with E-state index in [-0.39, 0.29) is 24.4 Å². The molecule has 1 amide bonds. The molecule has 0 atom stereocenters. The van der Waals surface area contributed by atoms with Crippen molar-refractivity contribution in [2.45, 2.75) is 44.7 Å². The highest BCUT2D eigenvalue weighted by atomic mass is 35.5. The quantitative estimate of drug-likeness (QED) is 0.468. The summed E-state index contributed by atoms with van der Waals surface area (Å²) in [6, 6.07) is 15.8. The molecular formula is C23H24Cl3N3O. The molecule has 1 fully saturated rings. The number of aromatic nitrogens is 1. The summed E-state index contributed by atoms with van der Waals surface area (Å²) in [7, 11) is 0. The zero-order valence-electron chi connectivity index (χ0n) is 16.6. The largest absolute Gasteiger partial charge is 0.367 e. The van der Waals surface area contributed by atoms with Gasteiger partial charge in [0.25, 0.3) is 5.91 Å². The Bertz CT molecular complexity index is 1050. The van der Waals surface area contributed by atoms with Gasteiger partial charge in [0.1, 0.15) is 5.82 Å². The van der Waals surface area contributed by atoms with Crippen LogP contribution in [0.25, 0.3) is 10.9 Å². The molecule has 0 aliphatic heterocycles. The molecule has 0 radical (unpaired) electrons. The number of nitrogens with zero attached hydrogens (tertiary/aromatic N) is 1. The normalized spacial score (nSPS) is 18.5. The number of anilines is 1. The van der Waals surface area contributed by atoms with E-state index in [1.807, 2.05) is 18.2 Å². The van der Waals surface area contributed by atoms with Crippen LogP contribution in [0.15, 0.2) is 48.5 Å². The number of hydrogen-bond acceptors (Lipinski definition) is 3. The first-order valence-corrected chi connectivity index (χ1v) is 10.6. The summed E-state index contributed by atoms with van der Waals surface area (Å²) in [5.41, 5.74) is 2.77. The molecule has 0 bridgehead atoms. The predicted octanol–water partition coefficient (Wildman–Crippen LogP) is 6.42. The Hall–Kier alpha value is -2.01. The van der Waals surface area contributed by atoms with Crippen LogP contribution in [0.2, 0.25) is 10.0 Å². The van der Waals surface area contributed by atoms with E-state index in [1.165, 1.54) is 10.9 Å². The van der Waals surface area contributed by atoms with Gasteiger partial charge in [-0.05, 0) is 68.5 Å². The number of fused-ring (bicyclic) bond motifs is 1. The highest BCUT2D eigenvalue weighted by molar-refractivity contribution is 6.42. The number of para-hydroxylation sites is 1. The van der Waals surface area contributed by atoms with E-state index >= 15 is 0 Å². The first kappa shape index (κ1) is 22.7. The predicted molar refractivity (Wildman–Crippen MR) is 127 cm³/mol.